The van der Waals surface area contributed by atoms with Gasteiger partial charge in [0.1, 0.15) is 11.3 Å². The average molecular weight is 386 g/mol. The summed E-state index contributed by atoms with van der Waals surface area (Å²) in [6.45, 7) is 2.03. The number of carbonyl (C=O) groups excluding carboxylic acids is 1. The van der Waals surface area contributed by atoms with Crippen LogP contribution >= 0.6 is 0 Å². The van der Waals surface area contributed by atoms with Crippen LogP contribution in [0.1, 0.15) is 29.7 Å². The molecule has 4 nitrogen and oxygen atoms in total. The first-order valence-electron chi connectivity index (χ1n) is 9.59. The van der Waals surface area contributed by atoms with Crippen LogP contribution in [0.25, 0.3) is 16.7 Å². The second-order valence-corrected chi connectivity index (χ2v) is 6.91. The molecular formula is C25H22O4. The third-order valence-electron chi connectivity index (χ3n) is 5.21. The van der Waals surface area contributed by atoms with Crippen molar-refractivity contribution < 1.29 is 19.4 Å². The molecule has 4 rings (SSSR count). The van der Waals surface area contributed by atoms with E-state index in [1.807, 2.05) is 73.7 Å². The number of carbonyl (C=O) groups is 1. The van der Waals surface area contributed by atoms with E-state index in [2.05, 4.69) is 6.07 Å². The smallest absolute Gasteiger partial charge is 0.343 e. The van der Waals surface area contributed by atoms with E-state index in [0.29, 0.717) is 5.56 Å². The molecule has 1 unspecified atom stereocenters. The molecule has 1 atom stereocenters. The molecule has 1 aliphatic heterocycles. The third-order valence-corrected chi connectivity index (χ3v) is 5.21. The molecule has 0 bridgehead atoms. The first kappa shape index (κ1) is 18.8. The summed E-state index contributed by atoms with van der Waals surface area (Å²) < 4.78 is 10.7. The van der Waals surface area contributed by atoms with Crippen molar-refractivity contribution in [2.45, 2.75) is 19.4 Å². The van der Waals surface area contributed by atoms with Gasteiger partial charge in [-0.25, -0.2) is 4.79 Å². The minimum atomic E-state index is -0.760. The van der Waals surface area contributed by atoms with E-state index < -0.39 is 12.1 Å². The van der Waals surface area contributed by atoms with Gasteiger partial charge in [0, 0.05) is 5.56 Å². The fourth-order valence-corrected chi connectivity index (χ4v) is 3.65. The van der Waals surface area contributed by atoms with E-state index in [-0.39, 0.29) is 11.3 Å². The van der Waals surface area contributed by atoms with E-state index >= 15 is 0 Å². The Balaban J connectivity index is 1.74. The first-order chi connectivity index (χ1) is 14.1. The Bertz CT molecular complexity index is 1070. The number of aryl methyl sites for hydroxylation is 1. The van der Waals surface area contributed by atoms with Crippen LogP contribution in [0.5, 0.6) is 5.75 Å². The van der Waals surface area contributed by atoms with Crippen molar-refractivity contribution in [1.82, 2.24) is 0 Å². The van der Waals surface area contributed by atoms with Crippen LogP contribution in [0.3, 0.4) is 0 Å². The number of cyclic esters (lactones) is 1. The summed E-state index contributed by atoms with van der Waals surface area (Å²) in [5.41, 5.74) is 4.79. The molecule has 0 saturated heterocycles. The average Bonchev–Trinajstić information content (AvgIpc) is 3.07. The van der Waals surface area contributed by atoms with E-state index in [0.717, 1.165) is 34.4 Å². The summed E-state index contributed by atoms with van der Waals surface area (Å²) in [4.78, 5) is 12.6. The highest BCUT2D eigenvalue weighted by atomic mass is 16.6. The first-order valence-corrected chi connectivity index (χ1v) is 9.59. The molecule has 0 fully saturated rings. The Morgan fingerprint density at radius 3 is 2.31 bits per heavy atom. The molecule has 3 aromatic carbocycles. The summed E-state index contributed by atoms with van der Waals surface area (Å²) in [5.74, 6) is 0.271. The molecule has 0 saturated carbocycles. The van der Waals surface area contributed by atoms with Gasteiger partial charge in [0.05, 0.1) is 7.11 Å². The van der Waals surface area contributed by atoms with Gasteiger partial charge in [-0.1, -0.05) is 67.6 Å². The van der Waals surface area contributed by atoms with Crippen LogP contribution in [-0.4, -0.2) is 18.2 Å². The number of rotatable bonds is 5. The van der Waals surface area contributed by atoms with Gasteiger partial charge in [0.15, 0.2) is 11.9 Å². The summed E-state index contributed by atoms with van der Waals surface area (Å²) in [7, 11) is 1.64. The number of benzene rings is 3. The standard InChI is InChI=1S/C25H22O4/c1-3-16-15-19(17-9-12-20(28-2)13-10-17)11-14-21(16)22-23(26)24(29-25(22)27)18-7-5-4-6-8-18/h4-15,24,26H,3H2,1-2H3. The summed E-state index contributed by atoms with van der Waals surface area (Å²) in [6, 6.07) is 23.0. The van der Waals surface area contributed by atoms with Crippen LogP contribution in [0, 0.1) is 0 Å². The molecule has 1 N–H and O–H groups in total. The largest absolute Gasteiger partial charge is 0.507 e. The van der Waals surface area contributed by atoms with E-state index in [9.17, 15) is 9.90 Å². The SMILES string of the molecule is CCc1cc(-c2ccc(OC)cc2)ccc1C1=C(O)C(c2ccccc2)OC1=O. The minimum absolute atomic E-state index is 0.0342. The second kappa shape index (κ2) is 7.84. The molecule has 0 aromatic heterocycles. The lowest BCUT2D eigenvalue weighted by molar-refractivity contribution is -0.138. The van der Waals surface area contributed by atoms with Crippen LogP contribution in [0.4, 0.5) is 0 Å². The zero-order valence-electron chi connectivity index (χ0n) is 16.4. The van der Waals surface area contributed by atoms with Gasteiger partial charge in [-0.3, -0.25) is 0 Å². The maximum absolute atomic E-state index is 12.6. The number of methoxy groups -OCH3 is 1. The Kier molecular flexibility index (Phi) is 5.09. The zero-order chi connectivity index (χ0) is 20.4. The second-order valence-electron chi connectivity index (χ2n) is 6.91. The molecule has 0 aliphatic carbocycles. The number of aliphatic hydroxyl groups excluding tert-OH is 1. The minimum Gasteiger partial charge on any atom is -0.507 e. The van der Waals surface area contributed by atoms with Crippen molar-refractivity contribution in [1.29, 1.82) is 0 Å². The maximum Gasteiger partial charge on any atom is 0.343 e. The van der Waals surface area contributed by atoms with Gasteiger partial charge in [-0.15, -0.1) is 0 Å². The number of ether oxygens (including phenoxy) is 2. The Morgan fingerprint density at radius 1 is 0.966 bits per heavy atom. The summed E-state index contributed by atoms with van der Waals surface area (Å²) >= 11 is 0. The molecule has 0 amide bonds. The van der Waals surface area contributed by atoms with Crippen molar-refractivity contribution in [2.75, 3.05) is 7.11 Å². The van der Waals surface area contributed by atoms with Crippen LogP contribution in [0.2, 0.25) is 0 Å². The lowest BCUT2D eigenvalue weighted by Crippen LogP contribution is -2.03. The predicted octanol–water partition coefficient (Wildman–Crippen LogP) is 5.49. The summed E-state index contributed by atoms with van der Waals surface area (Å²) in [6.07, 6.45) is -0.0379. The number of hydrogen-bond acceptors (Lipinski definition) is 4. The number of hydrogen-bond donors (Lipinski definition) is 1. The highest BCUT2D eigenvalue weighted by molar-refractivity contribution is 6.19. The van der Waals surface area contributed by atoms with Crippen molar-refractivity contribution in [2.24, 2.45) is 0 Å². The monoisotopic (exact) mass is 386 g/mol. The highest BCUT2D eigenvalue weighted by Crippen LogP contribution is 2.40. The lowest BCUT2D eigenvalue weighted by atomic mass is 9.92. The van der Waals surface area contributed by atoms with Crippen molar-refractivity contribution >= 4 is 11.5 Å². The van der Waals surface area contributed by atoms with Crippen molar-refractivity contribution in [3.8, 4) is 16.9 Å². The normalized spacial score (nSPS) is 16.1. The molecule has 29 heavy (non-hydrogen) atoms. The van der Waals surface area contributed by atoms with Crippen molar-refractivity contribution in [3.63, 3.8) is 0 Å². The molecule has 0 radical (unpaired) electrons. The van der Waals surface area contributed by atoms with Crippen LogP contribution in [-0.2, 0) is 16.0 Å². The van der Waals surface area contributed by atoms with Gasteiger partial charge in [0.25, 0.3) is 0 Å². The molecule has 146 valence electrons. The van der Waals surface area contributed by atoms with Crippen LogP contribution < -0.4 is 4.74 Å². The van der Waals surface area contributed by atoms with Gasteiger partial charge in [0.2, 0.25) is 0 Å². The quantitative estimate of drug-likeness (QED) is 0.589. The molecule has 1 aliphatic rings. The fraction of sp³-hybridized carbons (Fsp3) is 0.160. The molecule has 3 aromatic rings. The van der Waals surface area contributed by atoms with Gasteiger partial charge < -0.3 is 14.6 Å². The zero-order valence-corrected chi connectivity index (χ0v) is 16.4. The molecule has 0 spiro atoms. The van der Waals surface area contributed by atoms with Crippen molar-refractivity contribution in [3.05, 3.63) is 95.2 Å². The van der Waals surface area contributed by atoms with E-state index in [1.165, 1.54) is 0 Å². The summed E-state index contributed by atoms with van der Waals surface area (Å²) in [5, 5.41) is 10.8. The molecule has 4 heteroatoms. The van der Waals surface area contributed by atoms with E-state index in [4.69, 9.17) is 9.47 Å². The topological polar surface area (TPSA) is 55.8 Å². The molecular weight excluding hydrogens is 364 g/mol. The Morgan fingerprint density at radius 2 is 1.66 bits per heavy atom. The van der Waals surface area contributed by atoms with E-state index in [1.54, 1.807) is 7.11 Å². The molecule has 1 heterocycles. The van der Waals surface area contributed by atoms with Gasteiger partial charge in [-0.05, 0) is 40.8 Å². The lowest BCUT2D eigenvalue weighted by Gasteiger charge is -2.11. The third kappa shape index (κ3) is 3.49. The number of aliphatic hydroxyl groups is 1. The fourth-order valence-electron chi connectivity index (χ4n) is 3.65. The predicted molar refractivity (Wildman–Crippen MR) is 113 cm³/mol. The maximum atomic E-state index is 12.6. The van der Waals surface area contributed by atoms with Crippen LogP contribution in [0.15, 0.2) is 78.6 Å². The Labute approximate surface area is 170 Å². The Hall–Kier alpha value is -3.53. The van der Waals surface area contributed by atoms with Gasteiger partial charge in [-0.2, -0.15) is 0 Å². The van der Waals surface area contributed by atoms with Gasteiger partial charge >= 0.3 is 5.97 Å². The number of esters is 1. The highest BCUT2D eigenvalue weighted by Gasteiger charge is 2.36.